The molecule has 1 aromatic carbocycles. The van der Waals surface area contributed by atoms with Crippen molar-refractivity contribution in [2.24, 2.45) is 5.92 Å². The van der Waals surface area contributed by atoms with Crippen molar-refractivity contribution < 1.29 is 9.59 Å². The first-order chi connectivity index (χ1) is 13.0. The molecule has 2 amide bonds. The number of hydrogen-bond donors (Lipinski definition) is 2. The fraction of sp³-hybridized carbons (Fsp3) is 0.444. The van der Waals surface area contributed by atoms with E-state index in [2.05, 4.69) is 15.5 Å². The SMILES string of the molecule is CCn1c(CCNC(=O)C2CC(=O)N(c3ccc(SC)cc3)C2)n[nH]c1=S. The average molecular weight is 406 g/mol. The summed E-state index contributed by atoms with van der Waals surface area (Å²) in [6, 6.07) is 7.83. The number of hydrogen-bond acceptors (Lipinski definition) is 5. The number of H-pyrrole nitrogens is 1. The number of carbonyl (C=O) groups is 2. The summed E-state index contributed by atoms with van der Waals surface area (Å²) in [6.07, 6.45) is 2.84. The Balaban J connectivity index is 1.54. The minimum atomic E-state index is -0.329. The lowest BCUT2D eigenvalue weighted by molar-refractivity contribution is -0.126. The third kappa shape index (κ3) is 4.41. The Labute approximate surface area is 167 Å². The lowest BCUT2D eigenvalue weighted by Gasteiger charge is -2.17. The number of aromatic amines is 1. The molecular formula is C18H23N5O2S2. The van der Waals surface area contributed by atoms with Gasteiger partial charge in [0.1, 0.15) is 5.82 Å². The van der Waals surface area contributed by atoms with Gasteiger partial charge in [-0.15, -0.1) is 11.8 Å². The largest absolute Gasteiger partial charge is 0.355 e. The Bertz CT molecular complexity index is 875. The number of benzene rings is 1. The van der Waals surface area contributed by atoms with Crippen molar-refractivity contribution in [2.75, 3.05) is 24.2 Å². The van der Waals surface area contributed by atoms with Gasteiger partial charge in [0.05, 0.1) is 5.92 Å². The van der Waals surface area contributed by atoms with Crippen molar-refractivity contribution in [2.45, 2.75) is 31.2 Å². The van der Waals surface area contributed by atoms with E-state index in [4.69, 9.17) is 12.2 Å². The molecule has 1 saturated heterocycles. The van der Waals surface area contributed by atoms with E-state index in [0.29, 0.717) is 24.3 Å². The summed E-state index contributed by atoms with van der Waals surface area (Å²) in [7, 11) is 0. The minimum absolute atomic E-state index is 0.0149. The van der Waals surface area contributed by atoms with Crippen LogP contribution >= 0.6 is 24.0 Å². The molecule has 1 unspecified atom stereocenters. The van der Waals surface area contributed by atoms with Crippen molar-refractivity contribution >= 4 is 41.5 Å². The monoisotopic (exact) mass is 405 g/mol. The summed E-state index contributed by atoms with van der Waals surface area (Å²) in [5.74, 6) is 0.383. The molecule has 2 aromatic rings. The first-order valence-electron chi connectivity index (χ1n) is 8.89. The lowest BCUT2D eigenvalue weighted by atomic mass is 10.1. The van der Waals surface area contributed by atoms with Crippen molar-refractivity contribution in [3.63, 3.8) is 0 Å². The standard InChI is InChI=1S/C18H23N5O2S2/c1-3-22-15(20-21-18(22)26)8-9-19-17(25)12-10-16(24)23(11-12)13-4-6-14(27-2)7-5-13/h4-7,12H,3,8-11H2,1-2H3,(H,19,25)(H,21,26). The van der Waals surface area contributed by atoms with Gasteiger partial charge in [-0.3, -0.25) is 14.7 Å². The maximum Gasteiger partial charge on any atom is 0.227 e. The van der Waals surface area contributed by atoms with Gasteiger partial charge in [0.2, 0.25) is 11.8 Å². The van der Waals surface area contributed by atoms with Gasteiger partial charge in [0.15, 0.2) is 4.77 Å². The molecule has 1 aromatic heterocycles. The highest BCUT2D eigenvalue weighted by atomic mass is 32.2. The summed E-state index contributed by atoms with van der Waals surface area (Å²) in [5, 5.41) is 9.88. The Morgan fingerprint density at radius 2 is 2.15 bits per heavy atom. The van der Waals surface area contributed by atoms with E-state index in [1.807, 2.05) is 42.0 Å². The van der Waals surface area contributed by atoms with E-state index in [1.165, 1.54) is 0 Å². The molecule has 1 fully saturated rings. The van der Waals surface area contributed by atoms with Crippen molar-refractivity contribution in [1.29, 1.82) is 0 Å². The summed E-state index contributed by atoms with van der Waals surface area (Å²) in [4.78, 5) is 27.6. The van der Waals surface area contributed by atoms with E-state index in [0.717, 1.165) is 23.0 Å². The smallest absolute Gasteiger partial charge is 0.227 e. The number of rotatable bonds is 7. The van der Waals surface area contributed by atoms with Gasteiger partial charge >= 0.3 is 0 Å². The highest BCUT2D eigenvalue weighted by Crippen LogP contribution is 2.27. The predicted octanol–water partition coefficient (Wildman–Crippen LogP) is 2.39. The van der Waals surface area contributed by atoms with Gasteiger partial charge in [0, 0.05) is 43.1 Å². The van der Waals surface area contributed by atoms with Crippen molar-refractivity contribution in [3.05, 3.63) is 34.9 Å². The summed E-state index contributed by atoms with van der Waals surface area (Å²) in [5.41, 5.74) is 0.839. The van der Waals surface area contributed by atoms with Crippen molar-refractivity contribution in [1.82, 2.24) is 20.1 Å². The van der Waals surface area contributed by atoms with Gasteiger partial charge in [-0.05, 0) is 49.7 Å². The summed E-state index contributed by atoms with van der Waals surface area (Å²) in [6.45, 7) is 3.61. The van der Waals surface area contributed by atoms with Crippen LogP contribution < -0.4 is 10.2 Å². The molecule has 1 atom stereocenters. The molecule has 0 radical (unpaired) electrons. The zero-order valence-electron chi connectivity index (χ0n) is 15.4. The topological polar surface area (TPSA) is 83.0 Å². The molecule has 0 bridgehead atoms. The zero-order chi connectivity index (χ0) is 19.4. The van der Waals surface area contributed by atoms with Gasteiger partial charge in [-0.25, -0.2) is 0 Å². The van der Waals surface area contributed by atoms with Gasteiger partial charge in [-0.2, -0.15) is 5.10 Å². The third-order valence-electron chi connectivity index (χ3n) is 4.68. The molecule has 27 heavy (non-hydrogen) atoms. The maximum absolute atomic E-state index is 12.5. The fourth-order valence-corrected chi connectivity index (χ4v) is 3.89. The number of anilines is 1. The normalized spacial score (nSPS) is 16.7. The van der Waals surface area contributed by atoms with Crippen LogP contribution in [0.5, 0.6) is 0 Å². The molecule has 2 heterocycles. The van der Waals surface area contributed by atoms with Crippen LogP contribution in [0.3, 0.4) is 0 Å². The third-order valence-corrected chi connectivity index (χ3v) is 5.74. The zero-order valence-corrected chi connectivity index (χ0v) is 17.0. The molecule has 2 N–H and O–H groups in total. The number of amides is 2. The quantitative estimate of drug-likeness (QED) is 0.546. The summed E-state index contributed by atoms with van der Waals surface area (Å²) < 4.78 is 2.49. The van der Waals surface area contributed by atoms with Crippen LogP contribution in [0.25, 0.3) is 0 Å². The molecule has 0 spiro atoms. The maximum atomic E-state index is 12.5. The van der Waals surface area contributed by atoms with E-state index < -0.39 is 0 Å². The van der Waals surface area contributed by atoms with Crippen molar-refractivity contribution in [3.8, 4) is 0 Å². The molecule has 1 aliphatic heterocycles. The van der Waals surface area contributed by atoms with Crippen LogP contribution in [0, 0.1) is 10.7 Å². The number of aromatic nitrogens is 3. The van der Waals surface area contributed by atoms with E-state index >= 15 is 0 Å². The average Bonchev–Trinajstić information content (AvgIpc) is 3.24. The molecule has 9 heteroatoms. The molecule has 0 aliphatic carbocycles. The van der Waals surface area contributed by atoms with E-state index in [9.17, 15) is 9.59 Å². The Hall–Kier alpha value is -2.13. The van der Waals surface area contributed by atoms with Gasteiger partial charge in [0.25, 0.3) is 0 Å². The number of thioether (sulfide) groups is 1. The van der Waals surface area contributed by atoms with Crippen LogP contribution in [0.15, 0.2) is 29.2 Å². The van der Waals surface area contributed by atoms with Crippen LogP contribution in [0.1, 0.15) is 19.2 Å². The second kappa shape index (κ2) is 8.71. The molecule has 0 saturated carbocycles. The second-order valence-corrected chi connectivity index (χ2v) is 7.60. The Morgan fingerprint density at radius 3 is 2.81 bits per heavy atom. The number of nitrogens with one attached hydrogen (secondary N) is 2. The second-order valence-electron chi connectivity index (χ2n) is 6.33. The first kappa shape index (κ1) is 19.6. The van der Waals surface area contributed by atoms with Crippen LogP contribution in [0.2, 0.25) is 0 Å². The number of nitrogens with zero attached hydrogens (tertiary/aromatic N) is 3. The van der Waals surface area contributed by atoms with Crippen LogP contribution in [-0.4, -0.2) is 45.9 Å². The molecular weight excluding hydrogens is 382 g/mol. The fourth-order valence-electron chi connectivity index (χ4n) is 3.20. The Kier molecular flexibility index (Phi) is 6.33. The molecule has 7 nitrogen and oxygen atoms in total. The molecule has 144 valence electrons. The lowest BCUT2D eigenvalue weighted by Crippen LogP contribution is -2.34. The van der Waals surface area contributed by atoms with E-state index in [1.54, 1.807) is 16.7 Å². The number of carbonyl (C=O) groups excluding carboxylic acids is 2. The van der Waals surface area contributed by atoms with Gasteiger partial charge in [-0.1, -0.05) is 0 Å². The Morgan fingerprint density at radius 1 is 1.41 bits per heavy atom. The predicted molar refractivity (Wildman–Crippen MR) is 108 cm³/mol. The first-order valence-corrected chi connectivity index (χ1v) is 10.5. The molecule has 1 aliphatic rings. The van der Waals surface area contributed by atoms with Crippen LogP contribution in [-0.2, 0) is 22.6 Å². The van der Waals surface area contributed by atoms with Crippen LogP contribution in [0.4, 0.5) is 5.69 Å². The minimum Gasteiger partial charge on any atom is -0.355 e. The van der Waals surface area contributed by atoms with Gasteiger partial charge < -0.3 is 14.8 Å². The molecule has 3 rings (SSSR count). The summed E-state index contributed by atoms with van der Waals surface area (Å²) >= 11 is 6.82. The van der Waals surface area contributed by atoms with E-state index in [-0.39, 0.29) is 24.2 Å². The highest BCUT2D eigenvalue weighted by Gasteiger charge is 2.34. The highest BCUT2D eigenvalue weighted by molar-refractivity contribution is 7.98.